The number of thiophene rings is 1. The van der Waals surface area contributed by atoms with Crippen molar-refractivity contribution in [3.63, 3.8) is 0 Å². The van der Waals surface area contributed by atoms with Crippen LogP contribution in [-0.4, -0.2) is 87.4 Å². The van der Waals surface area contributed by atoms with Crippen molar-refractivity contribution in [2.75, 3.05) is 38.1 Å². The van der Waals surface area contributed by atoms with Gasteiger partial charge < -0.3 is 14.9 Å². The van der Waals surface area contributed by atoms with Gasteiger partial charge in [-0.3, -0.25) is 19.2 Å². The van der Waals surface area contributed by atoms with Gasteiger partial charge in [-0.25, -0.2) is 4.79 Å². The number of hydrogen-bond donors (Lipinski definition) is 1. The summed E-state index contributed by atoms with van der Waals surface area (Å²) in [5.74, 6) is -2.60. The number of carboxylic acid groups (broad SMARTS) is 1. The first-order valence-electron chi connectivity index (χ1n) is 9.56. The molecule has 1 N–H and O–H groups in total. The van der Waals surface area contributed by atoms with Crippen molar-refractivity contribution in [2.24, 2.45) is 7.05 Å². The summed E-state index contributed by atoms with van der Waals surface area (Å²) in [6.07, 6.45) is -0.633. The molecule has 32 heavy (non-hydrogen) atoms. The number of carbonyl (C=O) groups excluding carboxylic acids is 2. The van der Waals surface area contributed by atoms with Gasteiger partial charge in [0.2, 0.25) is 5.91 Å². The van der Waals surface area contributed by atoms with Crippen LogP contribution < -0.4 is 4.90 Å². The number of aliphatic carboxylic acids is 1. The summed E-state index contributed by atoms with van der Waals surface area (Å²) in [4.78, 5) is 40.7. The molecule has 174 valence electrons. The monoisotopic (exact) mass is 473 g/mol. The first-order chi connectivity index (χ1) is 14.9. The molecule has 9 nitrogen and oxygen atoms in total. The van der Waals surface area contributed by atoms with Crippen LogP contribution in [0.3, 0.4) is 0 Å². The van der Waals surface area contributed by atoms with Crippen LogP contribution in [0, 0.1) is 0 Å². The fourth-order valence-corrected chi connectivity index (χ4v) is 4.46. The van der Waals surface area contributed by atoms with Crippen LogP contribution in [0.25, 0.3) is 0 Å². The number of alkyl halides is 3. The van der Waals surface area contributed by atoms with E-state index in [-0.39, 0.29) is 17.4 Å². The number of piperazine rings is 1. The average molecular weight is 473 g/mol. The zero-order valence-corrected chi connectivity index (χ0v) is 18.2. The molecule has 0 aliphatic carbocycles. The number of likely N-dealkylation sites (tertiary alicyclic amines) is 1. The zero-order chi connectivity index (χ0) is 23.7. The third-order valence-electron chi connectivity index (χ3n) is 5.53. The molecule has 1 spiro atoms. The number of rotatable bonds is 2. The molecule has 2 aliphatic rings. The maximum Gasteiger partial charge on any atom is 0.490 e. The number of likely N-dealkylation sites (N-methyl/N-ethyl adjacent to an activating group) is 1. The van der Waals surface area contributed by atoms with Crippen molar-refractivity contribution in [1.29, 1.82) is 0 Å². The Morgan fingerprint density at radius 2 is 1.94 bits per heavy atom. The van der Waals surface area contributed by atoms with Gasteiger partial charge in [0.05, 0.1) is 28.8 Å². The van der Waals surface area contributed by atoms with Crippen molar-refractivity contribution in [1.82, 2.24) is 19.6 Å². The Bertz CT molecular complexity index is 994. The van der Waals surface area contributed by atoms with Crippen LogP contribution in [-0.2, 0) is 16.6 Å². The summed E-state index contributed by atoms with van der Waals surface area (Å²) in [5, 5.41) is 13.2. The molecule has 1 unspecified atom stereocenters. The highest BCUT2D eigenvalue weighted by atomic mass is 32.1. The highest BCUT2D eigenvalue weighted by Crippen LogP contribution is 2.34. The number of carbonyl (C=O) groups is 3. The maximum absolute atomic E-state index is 12.7. The van der Waals surface area contributed by atoms with Crippen molar-refractivity contribution < 1.29 is 32.7 Å². The fraction of sp³-hybridized carbons (Fsp3) is 0.474. The average Bonchev–Trinajstić information content (AvgIpc) is 3.46. The Kier molecular flexibility index (Phi) is 6.60. The Balaban J connectivity index is 0.000000360. The minimum atomic E-state index is -5.08. The molecule has 2 fully saturated rings. The van der Waals surface area contributed by atoms with Crippen LogP contribution in [0.4, 0.5) is 18.9 Å². The van der Waals surface area contributed by atoms with Gasteiger partial charge >= 0.3 is 12.1 Å². The molecule has 0 bridgehead atoms. The van der Waals surface area contributed by atoms with E-state index in [2.05, 4.69) is 10.00 Å². The third kappa shape index (κ3) is 4.93. The molecule has 2 amide bonds. The third-order valence-corrected chi connectivity index (χ3v) is 6.39. The van der Waals surface area contributed by atoms with Gasteiger partial charge in [-0.05, 0) is 24.9 Å². The van der Waals surface area contributed by atoms with E-state index in [1.165, 1.54) is 11.3 Å². The first-order valence-corrected chi connectivity index (χ1v) is 10.4. The van der Waals surface area contributed by atoms with Crippen molar-refractivity contribution in [2.45, 2.75) is 18.1 Å². The van der Waals surface area contributed by atoms with E-state index >= 15 is 0 Å². The van der Waals surface area contributed by atoms with Crippen LogP contribution in [0.15, 0.2) is 29.9 Å². The first kappa shape index (κ1) is 23.7. The summed E-state index contributed by atoms with van der Waals surface area (Å²) < 4.78 is 33.4. The number of aromatic nitrogens is 2. The smallest absolute Gasteiger partial charge is 0.475 e. The molecule has 2 saturated heterocycles. The van der Waals surface area contributed by atoms with E-state index in [0.29, 0.717) is 19.6 Å². The summed E-state index contributed by atoms with van der Waals surface area (Å²) in [7, 11) is 3.83. The molecule has 4 heterocycles. The van der Waals surface area contributed by atoms with Gasteiger partial charge in [0.15, 0.2) is 0 Å². The van der Waals surface area contributed by atoms with Crippen molar-refractivity contribution in [3.05, 3.63) is 34.8 Å². The Labute approximate surface area is 185 Å². The van der Waals surface area contributed by atoms with E-state index in [4.69, 9.17) is 9.90 Å². The van der Waals surface area contributed by atoms with Crippen LogP contribution >= 0.6 is 11.3 Å². The SMILES string of the molecule is CN1CC(=O)N(c2cnn(C)c2)CC12CCN(C(=O)c1cccs1)C2.O=C(O)C(F)(F)F. The van der Waals surface area contributed by atoms with Crippen molar-refractivity contribution in [3.8, 4) is 0 Å². The Morgan fingerprint density at radius 3 is 2.47 bits per heavy atom. The van der Waals surface area contributed by atoms with Gasteiger partial charge in [0.1, 0.15) is 0 Å². The summed E-state index contributed by atoms with van der Waals surface area (Å²) in [5.41, 5.74) is 0.624. The number of nitrogens with zero attached hydrogens (tertiary/aromatic N) is 5. The minimum absolute atomic E-state index is 0.0733. The van der Waals surface area contributed by atoms with E-state index < -0.39 is 12.1 Å². The van der Waals surface area contributed by atoms with Gasteiger partial charge in [-0.1, -0.05) is 6.07 Å². The van der Waals surface area contributed by atoms with Gasteiger partial charge in [0, 0.05) is 32.9 Å². The minimum Gasteiger partial charge on any atom is -0.475 e. The molecule has 1 atom stereocenters. The second-order valence-corrected chi connectivity index (χ2v) is 8.64. The Hall–Kier alpha value is -2.93. The van der Waals surface area contributed by atoms with Crippen LogP contribution in [0.5, 0.6) is 0 Å². The normalized spacial score (nSPS) is 21.6. The molecular weight excluding hydrogens is 451 g/mol. The van der Waals surface area contributed by atoms with E-state index in [0.717, 1.165) is 23.5 Å². The highest BCUT2D eigenvalue weighted by molar-refractivity contribution is 7.12. The Morgan fingerprint density at radius 1 is 1.25 bits per heavy atom. The van der Waals surface area contributed by atoms with E-state index in [1.807, 2.05) is 47.6 Å². The quantitative estimate of drug-likeness (QED) is 0.713. The predicted molar refractivity (Wildman–Crippen MR) is 109 cm³/mol. The van der Waals surface area contributed by atoms with Crippen molar-refractivity contribution >= 4 is 34.8 Å². The van der Waals surface area contributed by atoms with Gasteiger partial charge in [0.25, 0.3) is 5.91 Å². The van der Waals surface area contributed by atoms with Crippen LogP contribution in [0.1, 0.15) is 16.1 Å². The second-order valence-electron chi connectivity index (χ2n) is 7.69. The lowest BCUT2D eigenvalue weighted by molar-refractivity contribution is -0.192. The lowest BCUT2D eigenvalue weighted by atomic mass is 9.93. The van der Waals surface area contributed by atoms with E-state index in [1.54, 1.807) is 10.9 Å². The molecule has 13 heteroatoms. The molecular formula is C19H22F3N5O4S. The van der Waals surface area contributed by atoms with E-state index in [9.17, 15) is 22.8 Å². The molecule has 0 aromatic carbocycles. The molecule has 0 radical (unpaired) electrons. The molecule has 2 aromatic rings. The number of anilines is 1. The topological polar surface area (TPSA) is 99.0 Å². The van der Waals surface area contributed by atoms with Gasteiger partial charge in [-0.15, -0.1) is 11.3 Å². The fourth-order valence-electron chi connectivity index (χ4n) is 3.77. The number of aryl methyl sites for hydroxylation is 1. The molecule has 4 rings (SSSR count). The number of hydrogen-bond acceptors (Lipinski definition) is 6. The van der Waals surface area contributed by atoms with Crippen LogP contribution in [0.2, 0.25) is 0 Å². The molecule has 0 saturated carbocycles. The molecule has 2 aromatic heterocycles. The summed E-state index contributed by atoms with van der Waals surface area (Å²) >= 11 is 1.47. The standard InChI is InChI=1S/C17H21N5O2S.C2HF3O2/c1-19-10-15(23)22(13-8-18-20(2)9-13)12-17(19)5-6-21(11-17)16(24)14-4-3-7-25-14;3-2(4,5)1(6)7/h3-4,7-9H,5-6,10-12H2,1-2H3;(H,6,7). The summed E-state index contributed by atoms with van der Waals surface area (Å²) in [6, 6.07) is 3.77. The highest BCUT2D eigenvalue weighted by Gasteiger charge is 2.49. The predicted octanol–water partition coefficient (Wildman–Crippen LogP) is 1.68. The maximum atomic E-state index is 12.7. The second kappa shape index (κ2) is 8.90. The number of amides is 2. The molecule has 2 aliphatic heterocycles. The number of halogens is 3. The lowest BCUT2D eigenvalue weighted by Gasteiger charge is -2.46. The zero-order valence-electron chi connectivity index (χ0n) is 17.4. The lowest BCUT2D eigenvalue weighted by Crippen LogP contribution is -2.64. The van der Waals surface area contributed by atoms with Gasteiger partial charge in [-0.2, -0.15) is 18.3 Å². The summed E-state index contributed by atoms with van der Waals surface area (Å²) in [6.45, 7) is 2.30. The number of carboxylic acids is 1. The largest absolute Gasteiger partial charge is 0.490 e.